The number of ether oxygens (including phenoxy) is 1. The number of nitrogens with one attached hydrogen (secondary N) is 1. The molecule has 0 fully saturated rings. The van der Waals surface area contributed by atoms with Crippen LogP contribution < -0.4 is 11.1 Å². The summed E-state index contributed by atoms with van der Waals surface area (Å²) in [7, 11) is 0. The van der Waals surface area contributed by atoms with E-state index in [1.165, 1.54) is 12.2 Å². The summed E-state index contributed by atoms with van der Waals surface area (Å²) < 4.78 is 4.93. The molecule has 19 heavy (non-hydrogen) atoms. The second-order valence-electron chi connectivity index (χ2n) is 4.15. The summed E-state index contributed by atoms with van der Waals surface area (Å²) in [6, 6.07) is 5.22. The maximum absolute atomic E-state index is 11.5. The summed E-state index contributed by atoms with van der Waals surface area (Å²) >= 11 is 1.86. The van der Waals surface area contributed by atoms with E-state index in [0.717, 1.165) is 18.7 Å². The van der Waals surface area contributed by atoms with Gasteiger partial charge in [-0.25, -0.2) is 4.79 Å². The highest BCUT2D eigenvalue weighted by Gasteiger charge is 2.08. The average Bonchev–Trinajstić information content (AvgIpc) is 2.40. The fourth-order valence-corrected chi connectivity index (χ4v) is 2.15. The SMILES string of the molecule is CCOC(=O)c1ccc(NCCCCSC)c(N)c1. The maximum Gasteiger partial charge on any atom is 0.338 e. The van der Waals surface area contributed by atoms with Crippen LogP contribution in [0.25, 0.3) is 0 Å². The number of hydrogen-bond donors (Lipinski definition) is 2. The van der Waals surface area contributed by atoms with Gasteiger partial charge in [0.05, 0.1) is 23.5 Å². The Balaban J connectivity index is 2.50. The predicted molar refractivity (Wildman–Crippen MR) is 82.9 cm³/mol. The van der Waals surface area contributed by atoms with Gasteiger partial charge in [0, 0.05) is 6.54 Å². The van der Waals surface area contributed by atoms with E-state index in [-0.39, 0.29) is 5.97 Å². The van der Waals surface area contributed by atoms with Crippen LogP contribution in [0, 0.1) is 0 Å². The van der Waals surface area contributed by atoms with Crippen molar-refractivity contribution in [1.82, 2.24) is 0 Å². The molecule has 0 unspecified atom stereocenters. The lowest BCUT2D eigenvalue weighted by atomic mass is 10.1. The zero-order chi connectivity index (χ0) is 14.1. The Bertz CT molecular complexity index is 410. The molecule has 0 saturated carbocycles. The zero-order valence-electron chi connectivity index (χ0n) is 11.6. The highest BCUT2D eigenvalue weighted by molar-refractivity contribution is 7.98. The lowest BCUT2D eigenvalue weighted by Crippen LogP contribution is -2.08. The van der Waals surface area contributed by atoms with Crippen molar-refractivity contribution in [3.05, 3.63) is 23.8 Å². The van der Waals surface area contributed by atoms with Crippen molar-refractivity contribution in [2.75, 3.05) is 36.2 Å². The van der Waals surface area contributed by atoms with Crippen LogP contribution in [0.5, 0.6) is 0 Å². The number of hydrogen-bond acceptors (Lipinski definition) is 5. The Morgan fingerprint density at radius 1 is 1.42 bits per heavy atom. The van der Waals surface area contributed by atoms with E-state index in [1.54, 1.807) is 19.1 Å². The van der Waals surface area contributed by atoms with Gasteiger partial charge in [-0.15, -0.1) is 0 Å². The number of benzene rings is 1. The zero-order valence-corrected chi connectivity index (χ0v) is 12.4. The van der Waals surface area contributed by atoms with E-state index in [2.05, 4.69) is 11.6 Å². The number of nitrogens with two attached hydrogens (primary N) is 1. The highest BCUT2D eigenvalue weighted by atomic mass is 32.2. The van der Waals surface area contributed by atoms with E-state index in [4.69, 9.17) is 10.5 Å². The second kappa shape index (κ2) is 8.69. The minimum absolute atomic E-state index is 0.333. The third-order valence-corrected chi connectivity index (χ3v) is 3.35. The molecular weight excluding hydrogens is 260 g/mol. The molecule has 0 aliphatic heterocycles. The Morgan fingerprint density at radius 3 is 2.84 bits per heavy atom. The first kappa shape index (κ1) is 15.7. The molecule has 4 nitrogen and oxygen atoms in total. The molecule has 5 heteroatoms. The number of esters is 1. The van der Waals surface area contributed by atoms with Gasteiger partial charge in [0.1, 0.15) is 0 Å². The summed E-state index contributed by atoms with van der Waals surface area (Å²) in [6.45, 7) is 3.05. The van der Waals surface area contributed by atoms with Crippen molar-refractivity contribution in [2.24, 2.45) is 0 Å². The number of unbranched alkanes of at least 4 members (excludes halogenated alkanes) is 1. The molecule has 0 spiro atoms. The summed E-state index contributed by atoms with van der Waals surface area (Å²) in [5, 5.41) is 3.28. The van der Waals surface area contributed by atoms with Crippen LogP contribution in [0.1, 0.15) is 30.1 Å². The van der Waals surface area contributed by atoms with Crippen molar-refractivity contribution in [2.45, 2.75) is 19.8 Å². The Morgan fingerprint density at radius 2 is 2.21 bits per heavy atom. The van der Waals surface area contributed by atoms with Gasteiger partial charge in [0.25, 0.3) is 0 Å². The van der Waals surface area contributed by atoms with Crippen molar-refractivity contribution < 1.29 is 9.53 Å². The van der Waals surface area contributed by atoms with Crippen molar-refractivity contribution >= 4 is 29.1 Å². The number of carbonyl (C=O) groups excluding carboxylic acids is 1. The number of carbonyl (C=O) groups is 1. The van der Waals surface area contributed by atoms with Crippen LogP contribution in [0.4, 0.5) is 11.4 Å². The second-order valence-corrected chi connectivity index (χ2v) is 5.13. The molecule has 0 saturated heterocycles. The third-order valence-electron chi connectivity index (χ3n) is 2.65. The first-order chi connectivity index (χ1) is 9.19. The van der Waals surface area contributed by atoms with Crippen molar-refractivity contribution in [3.8, 4) is 0 Å². The Labute approximate surface area is 119 Å². The van der Waals surface area contributed by atoms with Crippen LogP contribution in [-0.4, -0.2) is 31.1 Å². The number of anilines is 2. The van der Waals surface area contributed by atoms with Crippen LogP contribution in [0.3, 0.4) is 0 Å². The minimum atomic E-state index is -0.333. The summed E-state index contributed by atoms with van der Waals surface area (Å²) in [4.78, 5) is 11.5. The first-order valence-electron chi connectivity index (χ1n) is 6.48. The molecule has 106 valence electrons. The fraction of sp³-hybridized carbons (Fsp3) is 0.500. The van der Waals surface area contributed by atoms with Crippen LogP contribution in [-0.2, 0) is 4.74 Å². The minimum Gasteiger partial charge on any atom is -0.462 e. The quantitative estimate of drug-likeness (QED) is 0.436. The topological polar surface area (TPSA) is 64.3 Å². The molecule has 0 heterocycles. The molecule has 3 N–H and O–H groups in total. The van der Waals surface area contributed by atoms with E-state index < -0.39 is 0 Å². The molecule has 0 atom stereocenters. The molecular formula is C14H22N2O2S. The lowest BCUT2D eigenvalue weighted by Gasteiger charge is -2.10. The van der Waals surface area contributed by atoms with Crippen molar-refractivity contribution in [1.29, 1.82) is 0 Å². The maximum atomic E-state index is 11.5. The van der Waals surface area contributed by atoms with E-state index in [0.29, 0.717) is 17.9 Å². The monoisotopic (exact) mass is 282 g/mol. The summed E-state index contributed by atoms with van der Waals surface area (Å²) in [5.41, 5.74) is 7.87. The predicted octanol–water partition coefficient (Wildman–Crippen LogP) is 3.00. The van der Waals surface area contributed by atoms with Crippen molar-refractivity contribution in [3.63, 3.8) is 0 Å². The van der Waals surface area contributed by atoms with Crippen LogP contribution >= 0.6 is 11.8 Å². The molecule has 0 aromatic heterocycles. The molecule has 1 aromatic rings. The smallest absolute Gasteiger partial charge is 0.338 e. The molecule has 0 amide bonds. The standard InChI is InChI=1S/C14H22N2O2S/c1-3-18-14(17)11-6-7-13(12(15)10-11)16-8-4-5-9-19-2/h6-7,10,16H,3-5,8-9,15H2,1-2H3. The average molecular weight is 282 g/mol. The van der Waals surface area contributed by atoms with Crippen LogP contribution in [0.2, 0.25) is 0 Å². The summed E-state index contributed by atoms with van der Waals surface area (Å²) in [6.07, 6.45) is 4.41. The molecule has 0 aliphatic rings. The number of nitrogen functional groups attached to an aromatic ring is 1. The molecule has 1 rings (SSSR count). The summed E-state index contributed by atoms with van der Waals surface area (Å²) in [5.74, 6) is 0.847. The van der Waals surface area contributed by atoms with Gasteiger partial charge in [-0.05, 0) is 50.0 Å². The molecule has 1 aromatic carbocycles. The molecule has 0 aliphatic carbocycles. The first-order valence-corrected chi connectivity index (χ1v) is 7.88. The molecule has 0 radical (unpaired) electrons. The highest BCUT2D eigenvalue weighted by Crippen LogP contribution is 2.20. The van der Waals surface area contributed by atoms with Gasteiger partial charge < -0.3 is 15.8 Å². The Kier molecular flexibility index (Phi) is 7.18. The van der Waals surface area contributed by atoms with Gasteiger partial charge in [-0.2, -0.15) is 11.8 Å². The normalized spacial score (nSPS) is 10.2. The van der Waals surface area contributed by atoms with Gasteiger partial charge in [-0.1, -0.05) is 0 Å². The van der Waals surface area contributed by atoms with E-state index in [1.807, 2.05) is 17.8 Å². The number of rotatable bonds is 8. The van der Waals surface area contributed by atoms with E-state index in [9.17, 15) is 4.79 Å². The molecule has 0 bridgehead atoms. The third kappa shape index (κ3) is 5.42. The van der Waals surface area contributed by atoms with Gasteiger partial charge in [0.15, 0.2) is 0 Å². The fourth-order valence-electron chi connectivity index (χ4n) is 1.66. The Hall–Kier alpha value is -1.36. The van der Waals surface area contributed by atoms with Crippen LogP contribution in [0.15, 0.2) is 18.2 Å². The van der Waals surface area contributed by atoms with Gasteiger partial charge >= 0.3 is 5.97 Å². The largest absolute Gasteiger partial charge is 0.462 e. The van der Waals surface area contributed by atoms with Gasteiger partial charge in [-0.3, -0.25) is 0 Å². The van der Waals surface area contributed by atoms with Gasteiger partial charge in [0.2, 0.25) is 0 Å². The van der Waals surface area contributed by atoms with E-state index >= 15 is 0 Å². The number of thioether (sulfide) groups is 1. The lowest BCUT2D eigenvalue weighted by molar-refractivity contribution is 0.0526.